The van der Waals surface area contributed by atoms with Gasteiger partial charge in [0.25, 0.3) is 0 Å². The molecule has 6 heteroatoms. The molecule has 0 bridgehead atoms. The van der Waals surface area contributed by atoms with E-state index in [0.29, 0.717) is 18.1 Å². The number of ether oxygens (including phenoxy) is 1. The fourth-order valence-corrected chi connectivity index (χ4v) is 1.65. The van der Waals surface area contributed by atoms with Crippen molar-refractivity contribution in [1.29, 1.82) is 0 Å². The predicted octanol–water partition coefficient (Wildman–Crippen LogP) is 1.80. The van der Waals surface area contributed by atoms with E-state index in [4.69, 9.17) is 9.84 Å². The first-order valence-electron chi connectivity index (χ1n) is 6.04. The summed E-state index contributed by atoms with van der Waals surface area (Å²) in [6.07, 6.45) is 4.29. The van der Waals surface area contributed by atoms with Crippen molar-refractivity contribution in [2.24, 2.45) is 7.05 Å². The maximum atomic E-state index is 10.6. The molecule has 0 unspecified atom stereocenters. The van der Waals surface area contributed by atoms with Gasteiger partial charge in [-0.1, -0.05) is 0 Å². The maximum absolute atomic E-state index is 10.6. The van der Waals surface area contributed by atoms with E-state index >= 15 is 0 Å². The van der Waals surface area contributed by atoms with Crippen LogP contribution in [0.5, 0.6) is 5.75 Å². The van der Waals surface area contributed by atoms with Gasteiger partial charge in [0.1, 0.15) is 18.1 Å². The molecule has 6 nitrogen and oxygen atoms in total. The summed E-state index contributed by atoms with van der Waals surface area (Å²) in [6, 6.07) is 5.44. The van der Waals surface area contributed by atoms with Crippen LogP contribution < -0.4 is 4.74 Å². The Balaban J connectivity index is 2.15. The molecule has 0 aromatic carbocycles. The smallest absolute Gasteiger partial charge is 0.328 e. The molecule has 0 atom stereocenters. The molecule has 0 saturated heterocycles. The number of aryl methyl sites for hydroxylation is 2. The highest BCUT2D eigenvalue weighted by Gasteiger charge is 2.05. The largest absolute Gasteiger partial charge is 0.485 e. The van der Waals surface area contributed by atoms with E-state index in [1.54, 1.807) is 10.7 Å². The minimum atomic E-state index is -1.02. The summed E-state index contributed by atoms with van der Waals surface area (Å²) in [4.78, 5) is 14.8. The first kappa shape index (κ1) is 13.8. The molecule has 0 radical (unpaired) electrons. The Morgan fingerprint density at radius 2 is 2.25 bits per heavy atom. The standard InChI is InChI=1S/C14H15N3O3/c1-10-3-5-13(12(15-10)4-6-14(18)19)20-9-11-7-8-17(2)16-11/h3-8H,9H2,1-2H3,(H,18,19)/b6-4+. The number of carboxylic acids is 1. The summed E-state index contributed by atoms with van der Waals surface area (Å²) >= 11 is 0. The predicted molar refractivity (Wildman–Crippen MR) is 73.2 cm³/mol. The van der Waals surface area contributed by atoms with Crippen LogP contribution in [0.15, 0.2) is 30.5 Å². The molecular weight excluding hydrogens is 258 g/mol. The van der Waals surface area contributed by atoms with Gasteiger partial charge in [0.15, 0.2) is 0 Å². The second-order valence-electron chi connectivity index (χ2n) is 4.28. The third-order valence-corrected chi connectivity index (χ3v) is 2.55. The number of aliphatic carboxylic acids is 1. The fourth-order valence-electron chi connectivity index (χ4n) is 1.65. The van der Waals surface area contributed by atoms with Crippen LogP contribution in [0.25, 0.3) is 6.08 Å². The Hall–Kier alpha value is -2.63. The Morgan fingerprint density at radius 1 is 1.45 bits per heavy atom. The molecular formula is C14H15N3O3. The molecule has 2 rings (SSSR count). The molecule has 0 saturated carbocycles. The zero-order chi connectivity index (χ0) is 14.5. The van der Waals surface area contributed by atoms with Crippen LogP contribution in [0.1, 0.15) is 17.1 Å². The zero-order valence-electron chi connectivity index (χ0n) is 11.3. The van der Waals surface area contributed by atoms with E-state index < -0.39 is 5.97 Å². The van der Waals surface area contributed by atoms with Gasteiger partial charge in [-0.3, -0.25) is 4.68 Å². The van der Waals surface area contributed by atoms with E-state index in [0.717, 1.165) is 17.5 Å². The molecule has 20 heavy (non-hydrogen) atoms. The lowest BCUT2D eigenvalue weighted by Gasteiger charge is -2.08. The van der Waals surface area contributed by atoms with E-state index in [2.05, 4.69) is 10.1 Å². The van der Waals surface area contributed by atoms with E-state index in [1.165, 1.54) is 6.08 Å². The van der Waals surface area contributed by atoms with Gasteiger partial charge in [0, 0.05) is 25.0 Å². The van der Waals surface area contributed by atoms with Gasteiger partial charge in [-0.15, -0.1) is 0 Å². The van der Waals surface area contributed by atoms with Crippen molar-refractivity contribution in [3.8, 4) is 5.75 Å². The van der Waals surface area contributed by atoms with Gasteiger partial charge in [-0.25, -0.2) is 9.78 Å². The van der Waals surface area contributed by atoms with Gasteiger partial charge in [-0.2, -0.15) is 5.10 Å². The first-order valence-corrected chi connectivity index (χ1v) is 6.04. The first-order chi connectivity index (χ1) is 9.54. The zero-order valence-corrected chi connectivity index (χ0v) is 11.3. The number of nitrogens with zero attached hydrogens (tertiary/aromatic N) is 3. The molecule has 0 fully saturated rings. The Bertz CT molecular complexity index is 647. The van der Waals surface area contributed by atoms with Crippen molar-refractivity contribution in [1.82, 2.24) is 14.8 Å². The third-order valence-electron chi connectivity index (χ3n) is 2.55. The van der Waals surface area contributed by atoms with Crippen LogP contribution in [0.4, 0.5) is 0 Å². The van der Waals surface area contributed by atoms with Gasteiger partial charge in [0.2, 0.25) is 0 Å². The fraction of sp³-hybridized carbons (Fsp3) is 0.214. The van der Waals surface area contributed by atoms with Gasteiger partial charge in [-0.05, 0) is 31.2 Å². The Kier molecular flexibility index (Phi) is 4.14. The maximum Gasteiger partial charge on any atom is 0.328 e. The van der Waals surface area contributed by atoms with E-state index in [9.17, 15) is 4.79 Å². The number of pyridine rings is 1. The summed E-state index contributed by atoms with van der Waals surface area (Å²) in [5.74, 6) is -0.497. The average molecular weight is 273 g/mol. The number of hydrogen-bond acceptors (Lipinski definition) is 4. The topological polar surface area (TPSA) is 77.2 Å². The van der Waals surface area contributed by atoms with E-state index in [1.807, 2.05) is 32.3 Å². The average Bonchev–Trinajstić information content (AvgIpc) is 2.81. The number of hydrogen-bond donors (Lipinski definition) is 1. The number of aromatic nitrogens is 3. The SMILES string of the molecule is Cc1ccc(OCc2ccn(C)n2)c(/C=C/C(=O)O)n1. The molecule has 0 spiro atoms. The highest BCUT2D eigenvalue weighted by atomic mass is 16.5. The van der Waals surface area contributed by atoms with Crippen molar-refractivity contribution in [2.75, 3.05) is 0 Å². The molecule has 2 aromatic heterocycles. The molecule has 0 amide bonds. The normalized spacial score (nSPS) is 10.9. The highest BCUT2D eigenvalue weighted by molar-refractivity contribution is 5.85. The van der Waals surface area contributed by atoms with Crippen LogP contribution in [0.2, 0.25) is 0 Å². The second kappa shape index (κ2) is 6.01. The van der Waals surface area contributed by atoms with Crippen LogP contribution in [-0.4, -0.2) is 25.8 Å². The summed E-state index contributed by atoms with van der Waals surface area (Å²) in [5, 5.41) is 12.9. The summed E-state index contributed by atoms with van der Waals surface area (Å²) in [7, 11) is 1.83. The molecule has 104 valence electrons. The van der Waals surface area contributed by atoms with Gasteiger partial charge in [0.05, 0.1) is 5.69 Å². The molecule has 2 heterocycles. The molecule has 2 aromatic rings. The number of carbonyl (C=O) groups is 1. The number of rotatable bonds is 5. The van der Waals surface area contributed by atoms with E-state index in [-0.39, 0.29) is 0 Å². The lowest BCUT2D eigenvalue weighted by atomic mass is 10.2. The quantitative estimate of drug-likeness (QED) is 0.840. The van der Waals surface area contributed by atoms with Crippen LogP contribution in [0, 0.1) is 6.92 Å². The van der Waals surface area contributed by atoms with Crippen molar-refractivity contribution in [3.63, 3.8) is 0 Å². The monoisotopic (exact) mass is 273 g/mol. The van der Waals surface area contributed by atoms with Crippen LogP contribution in [-0.2, 0) is 18.4 Å². The molecule has 0 aliphatic carbocycles. The highest BCUT2D eigenvalue weighted by Crippen LogP contribution is 2.19. The van der Waals surface area contributed by atoms with Gasteiger partial charge >= 0.3 is 5.97 Å². The lowest BCUT2D eigenvalue weighted by Crippen LogP contribution is -2.01. The molecule has 1 N–H and O–H groups in total. The van der Waals surface area contributed by atoms with Crippen molar-refractivity contribution in [2.45, 2.75) is 13.5 Å². The lowest BCUT2D eigenvalue weighted by molar-refractivity contribution is -0.131. The van der Waals surface area contributed by atoms with Crippen LogP contribution in [0.3, 0.4) is 0 Å². The minimum absolute atomic E-state index is 0.305. The summed E-state index contributed by atoms with van der Waals surface area (Å²) in [6.45, 7) is 2.14. The minimum Gasteiger partial charge on any atom is -0.485 e. The Labute approximate surface area is 116 Å². The van der Waals surface area contributed by atoms with Gasteiger partial charge < -0.3 is 9.84 Å². The molecule has 0 aliphatic rings. The third kappa shape index (κ3) is 3.68. The summed E-state index contributed by atoms with van der Waals surface area (Å²) < 4.78 is 7.33. The summed E-state index contributed by atoms with van der Waals surface area (Å²) in [5.41, 5.74) is 2.07. The second-order valence-corrected chi connectivity index (χ2v) is 4.28. The number of carboxylic acid groups (broad SMARTS) is 1. The van der Waals surface area contributed by atoms with Crippen molar-refractivity contribution < 1.29 is 14.6 Å². The van der Waals surface area contributed by atoms with Crippen LogP contribution >= 0.6 is 0 Å². The molecule has 0 aliphatic heterocycles. The Morgan fingerprint density at radius 3 is 2.90 bits per heavy atom. The van der Waals surface area contributed by atoms with Crippen molar-refractivity contribution >= 4 is 12.0 Å². The van der Waals surface area contributed by atoms with Crippen molar-refractivity contribution in [3.05, 3.63) is 47.6 Å².